The molecule has 0 aliphatic rings. The highest BCUT2D eigenvalue weighted by molar-refractivity contribution is 7.92. The molecule has 0 amide bonds. The zero-order valence-corrected chi connectivity index (χ0v) is 16.9. The summed E-state index contributed by atoms with van der Waals surface area (Å²) < 4.78 is 28.7. The summed E-state index contributed by atoms with van der Waals surface area (Å²) in [5.74, 6) is 0. The zero-order chi connectivity index (χ0) is 19.8. The first-order valence-corrected chi connectivity index (χ1v) is 10.1. The Kier molecular flexibility index (Phi) is 5.48. The lowest BCUT2D eigenvalue weighted by molar-refractivity contribution is 0.601. The van der Waals surface area contributed by atoms with Gasteiger partial charge in [0.15, 0.2) is 0 Å². The third kappa shape index (κ3) is 3.96. The normalized spacial score (nSPS) is 11.4. The van der Waals surface area contributed by atoms with Crippen molar-refractivity contribution in [2.45, 2.75) is 11.8 Å². The Morgan fingerprint density at radius 3 is 2.33 bits per heavy atom. The van der Waals surface area contributed by atoms with Crippen molar-refractivity contribution in [3.05, 3.63) is 79.6 Å². The Morgan fingerprint density at radius 2 is 1.67 bits per heavy atom. The molecule has 3 aromatic rings. The second kappa shape index (κ2) is 7.52. The molecule has 10 heteroatoms. The van der Waals surface area contributed by atoms with Crippen molar-refractivity contribution in [2.24, 2.45) is 0 Å². The highest BCUT2D eigenvalue weighted by Gasteiger charge is 2.17. The van der Waals surface area contributed by atoms with E-state index in [4.69, 9.17) is 34.8 Å². The van der Waals surface area contributed by atoms with Crippen LogP contribution < -0.4 is 10.3 Å². The highest BCUT2D eigenvalue weighted by atomic mass is 35.5. The Balaban J connectivity index is 1.94. The van der Waals surface area contributed by atoms with Gasteiger partial charge in [-0.25, -0.2) is 8.42 Å². The minimum atomic E-state index is -3.84. The molecule has 140 valence electrons. The summed E-state index contributed by atoms with van der Waals surface area (Å²) in [4.78, 5) is 12.1. The van der Waals surface area contributed by atoms with Crippen LogP contribution in [0.1, 0.15) is 5.56 Å². The minimum absolute atomic E-state index is 0.0127. The summed E-state index contributed by atoms with van der Waals surface area (Å²) in [5, 5.41) is 4.23. The van der Waals surface area contributed by atoms with Gasteiger partial charge in [0.25, 0.3) is 15.6 Å². The summed E-state index contributed by atoms with van der Waals surface area (Å²) in [6, 6.07) is 10.5. The van der Waals surface area contributed by atoms with E-state index >= 15 is 0 Å². The smallest absolute Gasteiger partial charge is 0.279 e. The molecular weight excluding hydrogens is 433 g/mol. The quantitative estimate of drug-likeness (QED) is 0.650. The number of nitrogens with zero attached hydrogens (tertiary/aromatic N) is 2. The van der Waals surface area contributed by atoms with Crippen molar-refractivity contribution < 1.29 is 8.42 Å². The second-order valence-corrected chi connectivity index (χ2v) is 8.41. The van der Waals surface area contributed by atoms with Gasteiger partial charge in [-0.15, -0.1) is 0 Å². The molecule has 0 unspecified atom stereocenters. The Morgan fingerprint density at radius 1 is 1.00 bits per heavy atom. The average molecular weight is 445 g/mol. The third-order valence-corrected chi connectivity index (χ3v) is 6.32. The number of hydrogen-bond acceptors (Lipinski definition) is 4. The summed E-state index contributed by atoms with van der Waals surface area (Å²) in [6.07, 6.45) is 1.24. The fraction of sp³-hybridized carbons (Fsp3) is 0.0588. The van der Waals surface area contributed by atoms with Crippen molar-refractivity contribution in [1.29, 1.82) is 0 Å². The fourth-order valence-electron chi connectivity index (χ4n) is 2.28. The molecule has 0 aliphatic carbocycles. The maximum absolute atomic E-state index is 12.6. The lowest BCUT2D eigenvalue weighted by Gasteiger charge is -2.12. The Hall–Kier alpha value is -2.06. The molecule has 0 radical (unpaired) electrons. The first kappa shape index (κ1) is 19.7. The van der Waals surface area contributed by atoms with E-state index in [0.717, 1.165) is 4.68 Å². The van der Waals surface area contributed by atoms with Gasteiger partial charge in [0.2, 0.25) is 0 Å². The van der Waals surface area contributed by atoms with Gasteiger partial charge >= 0.3 is 0 Å². The molecular formula is C17H12Cl3N3O3S. The van der Waals surface area contributed by atoms with E-state index in [9.17, 15) is 13.2 Å². The van der Waals surface area contributed by atoms with E-state index in [0.29, 0.717) is 22.0 Å². The maximum atomic E-state index is 12.6. The number of hydrogen-bond donors (Lipinski definition) is 1. The molecule has 3 rings (SSSR count). The molecule has 0 saturated carbocycles. The van der Waals surface area contributed by atoms with Crippen LogP contribution in [0.5, 0.6) is 0 Å². The van der Waals surface area contributed by atoms with Crippen LogP contribution in [0, 0.1) is 6.92 Å². The number of sulfonamides is 1. The second-order valence-electron chi connectivity index (χ2n) is 5.54. The van der Waals surface area contributed by atoms with Gasteiger partial charge < -0.3 is 0 Å². The number of benzene rings is 2. The van der Waals surface area contributed by atoms with E-state index in [1.54, 1.807) is 25.1 Å². The molecule has 1 heterocycles. The van der Waals surface area contributed by atoms with Crippen molar-refractivity contribution in [3.8, 4) is 5.69 Å². The summed E-state index contributed by atoms with van der Waals surface area (Å²) in [5.41, 5.74) is 0.740. The number of rotatable bonds is 4. The van der Waals surface area contributed by atoms with Gasteiger partial charge in [0.05, 0.1) is 27.5 Å². The van der Waals surface area contributed by atoms with E-state index in [-0.39, 0.29) is 14.9 Å². The molecule has 0 fully saturated rings. The van der Waals surface area contributed by atoms with Crippen LogP contribution in [-0.2, 0) is 10.0 Å². The van der Waals surface area contributed by atoms with Crippen molar-refractivity contribution in [1.82, 2.24) is 9.78 Å². The molecule has 0 spiro atoms. The summed E-state index contributed by atoms with van der Waals surface area (Å²) in [7, 11) is -3.84. The predicted molar refractivity (Wildman–Crippen MR) is 107 cm³/mol. The lowest BCUT2D eigenvalue weighted by Crippen LogP contribution is -2.21. The van der Waals surface area contributed by atoms with E-state index in [1.807, 2.05) is 0 Å². The van der Waals surface area contributed by atoms with Crippen molar-refractivity contribution in [3.63, 3.8) is 0 Å². The topological polar surface area (TPSA) is 81.1 Å². The number of halogens is 3. The van der Waals surface area contributed by atoms with Gasteiger partial charge in [-0.05, 0) is 48.9 Å². The molecule has 0 atom stereocenters. The molecule has 1 aromatic heterocycles. The Labute approximate surface area is 170 Å². The van der Waals surface area contributed by atoms with E-state index < -0.39 is 15.6 Å². The van der Waals surface area contributed by atoms with Crippen LogP contribution in [0.25, 0.3) is 5.69 Å². The van der Waals surface area contributed by atoms with Crippen LogP contribution in [0.4, 0.5) is 5.69 Å². The zero-order valence-electron chi connectivity index (χ0n) is 13.8. The average Bonchev–Trinajstić information content (AvgIpc) is 2.64. The highest BCUT2D eigenvalue weighted by Crippen LogP contribution is 2.25. The van der Waals surface area contributed by atoms with Crippen LogP contribution in [0.3, 0.4) is 0 Å². The monoisotopic (exact) mass is 443 g/mol. The maximum Gasteiger partial charge on any atom is 0.291 e. The molecule has 6 nitrogen and oxygen atoms in total. The number of nitrogens with one attached hydrogen (secondary N) is 1. The van der Waals surface area contributed by atoms with Crippen LogP contribution in [-0.4, -0.2) is 18.2 Å². The first-order chi connectivity index (χ1) is 12.7. The molecule has 0 bridgehead atoms. The van der Waals surface area contributed by atoms with E-state index in [1.165, 1.54) is 30.5 Å². The fourth-order valence-corrected chi connectivity index (χ4v) is 3.84. The first-order valence-electron chi connectivity index (χ1n) is 7.52. The lowest BCUT2D eigenvalue weighted by atomic mass is 10.2. The standard InChI is InChI=1S/C17H12Cl3N3O3S/c1-10-13(18)3-2-4-15(10)22-27(25,26)12-7-5-11(6-8-12)23-17(24)16(20)14(19)9-21-23/h2-9,22H,1H3. The Bertz CT molecular complexity index is 1180. The van der Waals surface area contributed by atoms with Crippen LogP contribution in [0.2, 0.25) is 15.1 Å². The summed E-state index contributed by atoms with van der Waals surface area (Å²) >= 11 is 17.6. The van der Waals surface area contributed by atoms with Gasteiger partial charge in [0, 0.05) is 5.02 Å². The van der Waals surface area contributed by atoms with Gasteiger partial charge in [-0.1, -0.05) is 40.9 Å². The largest absolute Gasteiger partial charge is 0.291 e. The van der Waals surface area contributed by atoms with Gasteiger partial charge in [0.1, 0.15) is 5.02 Å². The van der Waals surface area contributed by atoms with Gasteiger partial charge in [-0.2, -0.15) is 9.78 Å². The van der Waals surface area contributed by atoms with Crippen LogP contribution in [0.15, 0.2) is 58.4 Å². The predicted octanol–water partition coefficient (Wildman–Crippen LogP) is 4.30. The molecule has 1 N–H and O–H groups in total. The number of aromatic nitrogens is 2. The number of anilines is 1. The summed E-state index contributed by atoms with van der Waals surface area (Å²) in [6.45, 7) is 1.71. The SMILES string of the molecule is Cc1c(Cl)cccc1NS(=O)(=O)c1ccc(-n2ncc(Cl)c(Cl)c2=O)cc1. The van der Waals surface area contributed by atoms with Crippen molar-refractivity contribution >= 4 is 50.5 Å². The van der Waals surface area contributed by atoms with E-state index in [2.05, 4.69) is 9.82 Å². The molecule has 27 heavy (non-hydrogen) atoms. The molecule has 0 aliphatic heterocycles. The van der Waals surface area contributed by atoms with Crippen molar-refractivity contribution in [2.75, 3.05) is 4.72 Å². The molecule has 0 saturated heterocycles. The van der Waals surface area contributed by atoms with Crippen LogP contribution >= 0.6 is 34.8 Å². The third-order valence-electron chi connectivity index (χ3n) is 3.78. The molecule has 2 aromatic carbocycles. The minimum Gasteiger partial charge on any atom is -0.279 e. The van der Waals surface area contributed by atoms with Gasteiger partial charge in [-0.3, -0.25) is 9.52 Å².